The Morgan fingerprint density at radius 3 is 2.49 bits per heavy atom. The quantitative estimate of drug-likeness (QED) is 0.312. The summed E-state index contributed by atoms with van der Waals surface area (Å²) >= 11 is 0. The fourth-order valence-corrected chi connectivity index (χ4v) is 3.78. The van der Waals surface area contributed by atoms with Gasteiger partial charge in [0.2, 0.25) is 0 Å². The van der Waals surface area contributed by atoms with Crippen LogP contribution in [0.15, 0.2) is 12.3 Å². The molecule has 35 heavy (non-hydrogen) atoms. The van der Waals surface area contributed by atoms with Crippen molar-refractivity contribution >= 4 is 33.9 Å². The van der Waals surface area contributed by atoms with Crippen LogP contribution < -0.4 is 9.50 Å². The summed E-state index contributed by atoms with van der Waals surface area (Å²) in [4.78, 5) is 54.5. The fourth-order valence-electron chi connectivity index (χ4n) is 3.27. The molecule has 13 heteroatoms. The predicted octanol–water partition coefficient (Wildman–Crippen LogP) is 0.909. The van der Waals surface area contributed by atoms with E-state index in [1.54, 1.807) is 20.8 Å². The Bertz CT molecular complexity index is 1090. The third-order valence-electron chi connectivity index (χ3n) is 5.16. The van der Waals surface area contributed by atoms with Crippen LogP contribution in [0.5, 0.6) is 5.75 Å². The van der Waals surface area contributed by atoms with Crippen LogP contribution in [0.1, 0.15) is 50.2 Å². The second-order valence-electron chi connectivity index (χ2n) is 8.46. The number of ether oxygens (including phenoxy) is 3. The maximum absolute atomic E-state index is 12.9. The molecule has 1 amide bonds. The lowest BCUT2D eigenvalue weighted by molar-refractivity contribution is -0.176. The first-order chi connectivity index (χ1) is 16.2. The maximum Gasteiger partial charge on any atom is 0.332 e. The van der Waals surface area contributed by atoms with Crippen LogP contribution in [0.4, 0.5) is 0 Å². The van der Waals surface area contributed by atoms with Gasteiger partial charge >= 0.3 is 28.0 Å². The van der Waals surface area contributed by atoms with Gasteiger partial charge in [-0.25, -0.2) is 9.78 Å². The van der Waals surface area contributed by atoms with E-state index >= 15 is 0 Å². The zero-order chi connectivity index (χ0) is 26.5. The van der Waals surface area contributed by atoms with Gasteiger partial charge in [0.05, 0.1) is 18.1 Å². The highest BCUT2D eigenvalue weighted by molar-refractivity contribution is 7.86. The number of aromatic nitrogens is 1. The van der Waals surface area contributed by atoms with E-state index in [-0.39, 0.29) is 12.2 Å². The molecule has 0 unspecified atom stereocenters. The summed E-state index contributed by atoms with van der Waals surface area (Å²) in [7, 11) is -3.98. The molecule has 4 atom stereocenters. The number of esters is 3. The number of cyclic esters (lactones) is 2. The largest absolute Gasteiger partial charge is 0.463 e. The topological polar surface area (TPSA) is 164 Å². The van der Waals surface area contributed by atoms with Crippen molar-refractivity contribution < 1.29 is 46.0 Å². The molecule has 2 heterocycles. The van der Waals surface area contributed by atoms with E-state index in [0.29, 0.717) is 5.56 Å². The number of nitrogens with one attached hydrogen (secondary N) is 1. The molecule has 0 saturated carbocycles. The van der Waals surface area contributed by atoms with Crippen molar-refractivity contribution in [2.24, 2.45) is 11.8 Å². The van der Waals surface area contributed by atoms with Gasteiger partial charge in [-0.3, -0.25) is 14.4 Å². The van der Waals surface area contributed by atoms with Gasteiger partial charge in [-0.05, 0) is 31.9 Å². The van der Waals surface area contributed by atoms with Crippen LogP contribution in [0.2, 0.25) is 0 Å². The van der Waals surface area contributed by atoms with Gasteiger partial charge < -0.3 is 23.7 Å². The van der Waals surface area contributed by atoms with E-state index in [0.717, 1.165) is 6.26 Å². The van der Waals surface area contributed by atoms with Gasteiger partial charge in [0.25, 0.3) is 5.91 Å². The number of pyridine rings is 1. The molecule has 0 bridgehead atoms. The molecule has 0 radical (unpaired) electrons. The maximum atomic E-state index is 12.9. The molecule has 1 saturated heterocycles. The van der Waals surface area contributed by atoms with Crippen LogP contribution in [0, 0.1) is 18.8 Å². The van der Waals surface area contributed by atoms with E-state index in [1.807, 2.05) is 0 Å². The first-order valence-corrected chi connectivity index (χ1v) is 12.8. The predicted molar refractivity (Wildman–Crippen MR) is 121 cm³/mol. The molecule has 1 aromatic heterocycles. The summed E-state index contributed by atoms with van der Waals surface area (Å²) in [5.74, 6) is -4.88. The number of carbonyl (C=O) groups excluding carboxylic acids is 4. The fraction of sp³-hybridized carbons (Fsp3) is 0.591. The summed E-state index contributed by atoms with van der Waals surface area (Å²) in [6.45, 7) is 7.36. The number of amides is 1. The summed E-state index contributed by atoms with van der Waals surface area (Å²) < 4.78 is 44.3. The highest BCUT2D eigenvalue weighted by Crippen LogP contribution is 2.25. The van der Waals surface area contributed by atoms with Crippen molar-refractivity contribution in [1.82, 2.24) is 10.3 Å². The molecule has 0 aromatic carbocycles. The summed E-state index contributed by atoms with van der Waals surface area (Å²) in [6, 6.07) is -0.00211. The van der Waals surface area contributed by atoms with E-state index in [4.69, 9.17) is 18.4 Å². The second-order valence-corrected chi connectivity index (χ2v) is 10.0. The lowest BCUT2D eigenvalue weighted by Gasteiger charge is -2.29. The highest BCUT2D eigenvalue weighted by Gasteiger charge is 2.41. The van der Waals surface area contributed by atoms with Gasteiger partial charge in [-0.1, -0.05) is 20.8 Å². The van der Waals surface area contributed by atoms with E-state index in [9.17, 15) is 27.6 Å². The summed E-state index contributed by atoms with van der Waals surface area (Å²) in [5, 5.41) is 2.35. The van der Waals surface area contributed by atoms with Crippen molar-refractivity contribution in [3.63, 3.8) is 0 Å². The molecule has 1 fully saturated rings. The van der Waals surface area contributed by atoms with Crippen LogP contribution in [-0.2, 0) is 38.7 Å². The molecule has 194 valence electrons. The SMILES string of the molecule is CC[C@H]1C(=O)OC[C@H](NC(=O)c2nccc(C)c2OS(C)(=O)=O)C(=O)O[C@@H](C)[C@@H]1OC(=O)C(C)C. The van der Waals surface area contributed by atoms with Gasteiger partial charge in [-0.2, -0.15) is 8.42 Å². The average Bonchev–Trinajstić information content (AvgIpc) is 2.79. The van der Waals surface area contributed by atoms with Crippen LogP contribution in [0.25, 0.3) is 0 Å². The number of carbonyl (C=O) groups is 4. The van der Waals surface area contributed by atoms with Gasteiger partial charge in [0.1, 0.15) is 12.7 Å². The van der Waals surface area contributed by atoms with Gasteiger partial charge in [0, 0.05) is 6.20 Å². The van der Waals surface area contributed by atoms with E-state index in [2.05, 4.69) is 10.3 Å². The third kappa shape index (κ3) is 7.38. The Hall–Kier alpha value is -3.22. The Balaban J connectivity index is 2.31. The summed E-state index contributed by atoms with van der Waals surface area (Å²) in [5.41, 5.74) is -0.0779. The summed E-state index contributed by atoms with van der Waals surface area (Å²) in [6.07, 6.45) is 0.204. The van der Waals surface area contributed by atoms with Crippen LogP contribution in [-0.4, -0.2) is 68.3 Å². The third-order valence-corrected chi connectivity index (χ3v) is 5.63. The van der Waals surface area contributed by atoms with E-state index < -0.39 is 76.3 Å². The smallest absolute Gasteiger partial charge is 0.332 e. The van der Waals surface area contributed by atoms with Gasteiger partial charge in [0.15, 0.2) is 23.6 Å². The highest BCUT2D eigenvalue weighted by atomic mass is 32.2. The van der Waals surface area contributed by atoms with Crippen molar-refractivity contribution in [3.8, 4) is 5.75 Å². The lowest BCUT2D eigenvalue weighted by atomic mass is 9.95. The monoisotopic (exact) mass is 514 g/mol. The standard InChI is InChI=1S/C22H30N2O10S/c1-7-14-18(33-20(26)11(2)3)13(5)32-22(28)15(10-31-21(14)27)24-19(25)16-17(34-35(6,29)30)12(4)8-9-23-16/h8-9,11,13-15,18H,7,10H2,1-6H3,(H,24,25)/t13-,14+,15-,18-/m0/s1. The normalized spacial score (nSPS) is 23.3. The lowest BCUT2D eigenvalue weighted by Crippen LogP contribution is -2.47. The average molecular weight is 515 g/mol. The number of rotatable bonds is 7. The molecule has 0 spiro atoms. The van der Waals surface area contributed by atoms with Crippen molar-refractivity contribution in [3.05, 3.63) is 23.5 Å². The zero-order valence-corrected chi connectivity index (χ0v) is 21.2. The van der Waals surface area contributed by atoms with Crippen LogP contribution >= 0.6 is 0 Å². The molecule has 1 aliphatic heterocycles. The van der Waals surface area contributed by atoms with Crippen molar-refractivity contribution in [2.75, 3.05) is 12.9 Å². The first-order valence-electron chi connectivity index (χ1n) is 11.0. The Labute approximate surface area is 203 Å². The molecule has 0 aliphatic carbocycles. The molecule has 1 aliphatic rings. The molecule has 12 nitrogen and oxygen atoms in total. The van der Waals surface area contributed by atoms with E-state index in [1.165, 1.54) is 26.1 Å². The minimum atomic E-state index is -3.98. The molecule has 1 aromatic rings. The molecular formula is C22H30N2O10S. The zero-order valence-electron chi connectivity index (χ0n) is 20.4. The molecule has 1 N–H and O–H groups in total. The Morgan fingerprint density at radius 2 is 1.91 bits per heavy atom. The number of hydrogen-bond donors (Lipinski definition) is 1. The number of aryl methyl sites for hydroxylation is 1. The second kappa shape index (κ2) is 11.5. The first kappa shape index (κ1) is 28.0. The van der Waals surface area contributed by atoms with Gasteiger partial charge in [-0.15, -0.1) is 0 Å². The number of hydrogen-bond acceptors (Lipinski definition) is 11. The molecule has 2 rings (SSSR count). The number of nitrogens with zero attached hydrogens (tertiary/aromatic N) is 1. The molecular weight excluding hydrogens is 484 g/mol. The van der Waals surface area contributed by atoms with Crippen LogP contribution in [0.3, 0.4) is 0 Å². The Kier molecular flexibility index (Phi) is 9.18. The minimum absolute atomic E-state index is 0.243. The Morgan fingerprint density at radius 1 is 1.26 bits per heavy atom. The van der Waals surface area contributed by atoms with Crippen molar-refractivity contribution in [1.29, 1.82) is 0 Å². The van der Waals surface area contributed by atoms with Crippen molar-refractivity contribution in [2.45, 2.75) is 59.3 Å². The minimum Gasteiger partial charge on any atom is -0.463 e.